The van der Waals surface area contributed by atoms with Crippen molar-refractivity contribution in [2.75, 3.05) is 0 Å². The van der Waals surface area contributed by atoms with Gasteiger partial charge in [-0.1, -0.05) is 48.5 Å². The van der Waals surface area contributed by atoms with Gasteiger partial charge >= 0.3 is 0 Å². The largest absolute Gasteiger partial charge is 0.320 e. The summed E-state index contributed by atoms with van der Waals surface area (Å²) in [5.74, 6) is 4.83. The Hall–Kier alpha value is -2.61. The number of benzene rings is 3. The van der Waals surface area contributed by atoms with Crippen molar-refractivity contribution in [1.82, 2.24) is 9.55 Å². The zero-order valence-corrected chi connectivity index (χ0v) is 16.7. The molecule has 2 nitrogen and oxygen atoms in total. The van der Waals surface area contributed by atoms with Gasteiger partial charge in [0, 0.05) is 11.6 Å². The lowest BCUT2D eigenvalue weighted by atomic mass is 9.54. The number of para-hydroxylation sites is 2. The van der Waals surface area contributed by atoms with Crippen LogP contribution in [-0.2, 0) is 0 Å². The maximum absolute atomic E-state index is 5.19. The first-order chi connectivity index (χ1) is 14.3. The number of rotatable bonds is 2. The number of hydrogen-bond donors (Lipinski definition) is 0. The van der Waals surface area contributed by atoms with Crippen LogP contribution in [-0.4, -0.2) is 9.55 Å². The molecule has 0 spiro atoms. The Kier molecular flexibility index (Phi) is 3.33. The molecule has 29 heavy (non-hydrogen) atoms. The van der Waals surface area contributed by atoms with Gasteiger partial charge in [0.2, 0.25) is 0 Å². The van der Waals surface area contributed by atoms with Crippen LogP contribution in [0.5, 0.6) is 0 Å². The van der Waals surface area contributed by atoms with Gasteiger partial charge < -0.3 is 4.57 Å². The summed E-state index contributed by atoms with van der Waals surface area (Å²) in [7, 11) is 0. The second kappa shape index (κ2) is 5.95. The van der Waals surface area contributed by atoms with Crippen molar-refractivity contribution in [1.29, 1.82) is 0 Å². The van der Waals surface area contributed by atoms with Gasteiger partial charge in [0.1, 0.15) is 5.82 Å². The number of nitrogens with zero attached hydrogens (tertiary/aromatic N) is 2. The maximum atomic E-state index is 5.19. The molecule has 0 saturated heterocycles. The van der Waals surface area contributed by atoms with Crippen LogP contribution in [0.25, 0.3) is 33.2 Å². The second-order valence-corrected chi connectivity index (χ2v) is 9.78. The minimum Gasteiger partial charge on any atom is -0.320 e. The van der Waals surface area contributed by atoms with E-state index in [4.69, 9.17) is 4.98 Å². The smallest absolute Gasteiger partial charge is 0.141 e. The van der Waals surface area contributed by atoms with E-state index in [1.807, 2.05) is 0 Å². The SMILES string of the molecule is c1ccc2cc(-c3nc4ccccc4n3C3C4CC5CC(C4)CC3C5)ccc2c1. The topological polar surface area (TPSA) is 17.8 Å². The highest BCUT2D eigenvalue weighted by Gasteiger charge is 2.49. The Morgan fingerprint density at radius 2 is 1.38 bits per heavy atom. The summed E-state index contributed by atoms with van der Waals surface area (Å²) in [5, 5.41) is 2.60. The Morgan fingerprint density at radius 3 is 2.17 bits per heavy atom. The fourth-order valence-electron chi connectivity index (χ4n) is 7.20. The minimum atomic E-state index is 0.622. The zero-order valence-electron chi connectivity index (χ0n) is 16.7. The van der Waals surface area contributed by atoms with Gasteiger partial charge in [0.05, 0.1) is 11.0 Å². The first kappa shape index (κ1) is 16.2. The highest BCUT2D eigenvalue weighted by molar-refractivity contribution is 5.88. The van der Waals surface area contributed by atoms with Crippen molar-refractivity contribution in [3.63, 3.8) is 0 Å². The van der Waals surface area contributed by atoms with Gasteiger partial charge in [0.25, 0.3) is 0 Å². The second-order valence-electron chi connectivity index (χ2n) is 9.78. The lowest BCUT2D eigenvalue weighted by molar-refractivity contribution is -0.0270. The third-order valence-electron chi connectivity index (χ3n) is 8.08. The lowest BCUT2D eigenvalue weighted by Gasteiger charge is -2.55. The number of aromatic nitrogens is 2. The monoisotopic (exact) mass is 378 g/mol. The van der Waals surface area contributed by atoms with Crippen LogP contribution >= 0.6 is 0 Å². The molecule has 0 aliphatic heterocycles. The average Bonchev–Trinajstić information content (AvgIpc) is 3.12. The lowest BCUT2D eigenvalue weighted by Crippen LogP contribution is -2.46. The van der Waals surface area contributed by atoms with Crippen LogP contribution < -0.4 is 0 Å². The molecule has 4 bridgehead atoms. The molecule has 0 radical (unpaired) electrons. The highest BCUT2D eigenvalue weighted by Crippen LogP contribution is 2.59. The minimum absolute atomic E-state index is 0.622. The van der Waals surface area contributed by atoms with Gasteiger partial charge in [-0.2, -0.15) is 0 Å². The normalized spacial score (nSPS) is 30.4. The Bertz CT molecular complexity index is 1210. The summed E-state index contributed by atoms with van der Waals surface area (Å²) in [4.78, 5) is 5.19. The van der Waals surface area contributed by atoms with Gasteiger partial charge in [-0.3, -0.25) is 0 Å². The van der Waals surface area contributed by atoms with Gasteiger partial charge in [-0.05, 0) is 84.7 Å². The molecule has 1 heterocycles. The van der Waals surface area contributed by atoms with Gasteiger partial charge in [0.15, 0.2) is 0 Å². The Balaban J connectivity index is 1.45. The molecule has 4 aromatic rings. The molecule has 0 N–H and O–H groups in total. The molecular weight excluding hydrogens is 352 g/mol. The molecule has 4 saturated carbocycles. The third-order valence-corrected chi connectivity index (χ3v) is 8.08. The van der Waals surface area contributed by atoms with Crippen molar-refractivity contribution in [3.8, 4) is 11.4 Å². The van der Waals surface area contributed by atoms with Crippen LogP contribution in [0, 0.1) is 23.7 Å². The van der Waals surface area contributed by atoms with E-state index in [1.54, 1.807) is 0 Å². The molecule has 8 rings (SSSR count). The van der Waals surface area contributed by atoms with E-state index in [-0.39, 0.29) is 0 Å². The van der Waals surface area contributed by atoms with Gasteiger partial charge in [-0.15, -0.1) is 0 Å². The van der Waals surface area contributed by atoms with E-state index < -0.39 is 0 Å². The molecule has 0 unspecified atom stereocenters. The summed E-state index contributed by atoms with van der Waals surface area (Å²) in [5.41, 5.74) is 3.73. The fraction of sp³-hybridized carbons (Fsp3) is 0.370. The van der Waals surface area contributed by atoms with Crippen molar-refractivity contribution >= 4 is 21.8 Å². The molecular formula is C27H26N2. The number of fused-ring (bicyclic) bond motifs is 2. The molecule has 1 aromatic heterocycles. The summed E-state index contributed by atoms with van der Waals surface area (Å²) in [6.07, 6.45) is 7.23. The molecule has 0 atom stereocenters. The molecule has 3 aromatic carbocycles. The van der Waals surface area contributed by atoms with Crippen molar-refractivity contribution in [2.45, 2.75) is 38.1 Å². The van der Waals surface area contributed by atoms with E-state index >= 15 is 0 Å². The Morgan fingerprint density at radius 1 is 0.690 bits per heavy atom. The van der Waals surface area contributed by atoms with E-state index in [9.17, 15) is 0 Å². The predicted molar refractivity (Wildman–Crippen MR) is 119 cm³/mol. The van der Waals surface area contributed by atoms with Crippen molar-refractivity contribution in [2.24, 2.45) is 23.7 Å². The van der Waals surface area contributed by atoms with Crippen molar-refractivity contribution in [3.05, 3.63) is 66.7 Å². The molecule has 2 heteroatoms. The van der Waals surface area contributed by atoms with Crippen LogP contribution in [0.3, 0.4) is 0 Å². The zero-order chi connectivity index (χ0) is 18.9. The summed E-state index contributed by atoms with van der Waals surface area (Å²) >= 11 is 0. The fourth-order valence-corrected chi connectivity index (χ4v) is 7.20. The van der Waals surface area contributed by atoms with Crippen molar-refractivity contribution < 1.29 is 0 Å². The summed E-state index contributed by atoms with van der Waals surface area (Å²) in [6.45, 7) is 0. The predicted octanol–water partition coefficient (Wildman–Crippen LogP) is 6.85. The van der Waals surface area contributed by atoms with Gasteiger partial charge in [-0.25, -0.2) is 4.98 Å². The van der Waals surface area contributed by atoms with Crippen LogP contribution in [0.2, 0.25) is 0 Å². The van der Waals surface area contributed by atoms with E-state index in [1.165, 1.54) is 59.8 Å². The molecule has 0 amide bonds. The van der Waals surface area contributed by atoms with E-state index in [0.29, 0.717) is 6.04 Å². The Labute approximate surface area is 171 Å². The number of imidazole rings is 1. The van der Waals surface area contributed by atoms with E-state index in [0.717, 1.165) is 29.2 Å². The third kappa shape index (κ3) is 2.38. The molecule has 4 aliphatic rings. The van der Waals surface area contributed by atoms with Crippen LogP contribution in [0.1, 0.15) is 38.1 Å². The van der Waals surface area contributed by atoms with E-state index in [2.05, 4.69) is 71.3 Å². The first-order valence-corrected chi connectivity index (χ1v) is 11.3. The summed E-state index contributed by atoms with van der Waals surface area (Å²) in [6, 6.07) is 24.9. The maximum Gasteiger partial charge on any atom is 0.141 e. The standard InChI is InChI=1S/C27H26N2/c1-2-6-20-16-21(10-9-19(20)5-1)27-28-24-7-3-4-8-25(24)29(27)26-22-12-17-11-18(14-22)15-23(26)13-17/h1-10,16-18,22-23,26H,11-15H2. The number of hydrogen-bond acceptors (Lipinski definition) is 1. The average molecular weight is 379 g/mol. The summed E-state index contributed by atoms with van der Waals surface area (Å²) < 4.78 is 2.66. The molecule has 144 valence electrons. The van der Waals surface area contributed by atoms with Crippen LogP contribution in [0.15, 0.2) is 66.7 Å². The quantitative estimate of drug-likeness (QED) is 0.373. The molecule has 4 fully saturated rings. The van der Waals surface area contributed by atoms with Crippen LogP contribution in [0.4, 0.5) is 0 Å². The highest BCUT2D eigenvalue weighted by atomic mass is 15.1. The molecule has 4 aliphatic carbocycles. The first-order valence-electron chi connectivity index (χ1n) is 11.3.